The van der Waals surface area contributed by atoms with Crippen molar-refractivity contribution >= 4 is 39.9 Å². The first-order valence-electron chi connectivity index (χ1n) is 11.5. The summed E-state index contributed by atoms with van der Waals surface area (Å²) in [5.74, 6) is -0.155. The minimum atomic E-state index is -0.539. The highest BCUT2D eigenvalue weighted by atomic mass is 79.9. The van der Waals surface area contributed by atoms with Crippen LogP contribution in [0, 0.1) is 0 Å². The molecular weight excluding hydrogens is 542 g/mol. The zero-order valence-corrected chi connectivity index (χ0v) is 21.9. The molecular formula is C27H26BrN3O6. The van der Waals surface area contributed by atoms with Crippen LogP contribution in [0.3, 0.4) is 0 Å². The minimum Gasteiger partial charge on any atom is -0.494 e. The first kappa shape index (κ1) is 27.4. The second kappa shape index (κ2) is 13.8. The fourth-order valence-corrected chi connectivity index (χ4v) is 3.48. The van der Waals surface area contributed by atoms with E-state index in [0.29, 0.717) is 41.4 Å². The van der Waals surface area contributed by atoms with Crippen molar-refractivity contribution in [3.63, 3.8) is 0 Å². The molecule has 2 N–H and O–H groups in total. The largest absolute Gasteiger partial charge is 0.494 e. The first-order valence-corrected chi connectivity index (χ1v) is 12.3. The van der Waals surface area contributed by atoms with Crippen molar-refractivity contribution in [1.82, 2.24) is 10.7 Å². The Balaban J connectivity index is 1.56. The van der Waals surface area contributed by atoms with E-state index in [2.05, 4.69) is 31.8 Å². The molecule has 0 saturated heterocycles. The van der Waals surface area contributed by atoms with Crippen LogP contribution in [0.2, 0.25) is 0 Å². The van der Waals surface area contributed by atoms with Gasteiger partial charge in [-0.25, -0.2) is 10.2 Å². The standard InChI is InChI=1S/C27H26BrN3O6/c1-3-35-22-11-9-19(10-12-22)27(34)37-23-13-8-18(14-24(23)36-4-2)16-30-31-25(32)17-29-26(33)20-6-5-7-21(28)15-20/h5-16H,3-4,17H2,1-2H3,(H,29,33)(H,31,32). The summed E-state index contributed by atoms with van der Waals surface area (Å²) in [5.41, 5.74) is 3.75. The molecule has 2 amide bonds. The SMILES string of the molecule is CCOc1ccc(C(=O)Oc2ccc(C=NNC(=O)CNC(=O)c3cccc(Br)c3)cc2OCC)cc1. The van der Waals surface area contributed by atoms with Crippen LogP contribution in [0.4, 0.5) is 0 Å². The number of nitrogens with one attached hydrogen (secondary N) is 2. The van der Waals surface area contributed by atoms with E-state index in [1.54, 1.807) is 66.7 Å². The molecule has 0 spiro atoms. The van der Waals surface area contributed by atoms with Gasteiger partial charge < -0.3 is 19.5 Å². The number of hydrazone groups is 1. The molecule has 0 fully saturated rings. The van der Waals surface area contributed by atoms with E-state index in [-0.39, 0.29) is 18.2 Å². The zero-order valence-electron chi connectivity index (χ0n) is 20.3. The number of ether oxygens (including phenoxy) is 3. The van der Waals surface area contributed by atoms with Gasteiger partial charge in [0, 0.05) is 10.0 Å². The lowest BCUT2D eigenvalue weighted by Crippen LogP contribution is -2.34. The van der Waals surface area contributed by atoms with Crippen LogP contribution < -0.4 is 25.0 Å². The molecule has 10 heteroatoms. The van der Waals surface area contributed by atoms with Gasteiger partial charge in [0.15, 0.2) is 11.5 Å². The molecule has 9 nitrogen and oxygen atoms in total. The van der Waals surface area contributed by atoms with Gasteiger partial charge in [0.25, 0.3) is 11.8 Å². The molecule has 0 saturated carbocycles. The van der Waals surface area contributed by atoms with Gasteiger partial charge >= 0.3 is 5.97 Å². The Morgan fingerprint density at radius 2 is 1.65 bits per heavy atom. The molecule has 0 unspecified atom stereocenters. The monoisotopic (exact) mass is 567 g/mol. The maximum Gasteiger partial charge on any atom is 0.343 e. The molecule has 0 atom stereocenters. The van der Waals surface area contributed by atoms with Gasteiger partial charge in [0.1, 0.15) is 5.75 Å². The van der Waals surface area contributed by atoms with Gasteiger partial charge in [-0.2, -0.15) is 5.10 Å². The average molecular weight is 568 g/mol. The Kier molecular flexibility index (Phi) is 10.2. The Bertz CT molecular complexity index is 1280. The molecule has 3 rings (SSSR count). The number of benzene rings is 3. The third-order valence-corrected chi connectivity index (χ3v) is 5.26. The Morgan fingerprint density at radius 1 is 0.892 bits per heavy atom. The van der Waals surface area contributed by atoms with Gasteiger partial charge in [0.05, 0.1) is 31.5 Å². The van der Waals surface area contributed by atoms with Gasteiger partial charge in [0.2, 0.25) is 0 Å². The molecule has 0 heterocycles. The molecule has 0 radical (unpaired) electrons. The maximum atomic E-state index is 12.6. The molecule has 3 aromatic carbocycles. The first-order chi connectivity index (χ1) is 17.9. The number of carbonyl (C=O) groups excluding carboxylic acids is 3. The maximum absolute atomic E-state index is 12.6. The summed E-state index contributed by atoms with van der Waals surface area (Å²) in [7, 11) is 0. The fourth-order valence-electron chi connectivity index (χ4n) is 3.08. The second-order valence-corrected chi connectivity index (χ2v) is 8.39. The zero-order chi connectivity index (χ0) is 26.6. The highest BCUT2D eigenvalue weighted by Gasteiger charge is 2.14. The smallest absolute Gasteiger partial charge is 0.343 e. The Morgan fingerprint density at radius 3 is 2.35 bits per heavy atom. The van der Waals surface area contributed by atoms with Gasteiger partial charge in [-0.3, -0.25) is 9.59 Å². The third kappa shape index (κ3) is 8.46. The van der Waals surface area contributed by atoms with Crippen LogP contribution in [0.15, 0.2) is 76.3 Å². The number of nitrogens with zero attached hydrogens (tertiary/aromatic N) is 1. The average Bonchev–Trinajstić information content (AvgIpc) is 2.89. The number of halogens is 1. The molecule has 0 aliphatic carbocycles. The number of hydrogen-bond donors (Lipinski definition) is 2. The number of rotatable bonds is 11. The highest BCUT2D eigenvalue weighted by molar-refractivity contribution is 9.10. The summed E-state index contributed by atoms with van der Waals surface area (Å²) in [6.45, 7) is 4.33. The van der Waals surface area contributed by atoms with Crippen LogP contribution in [0.1, 0.15) is 40.1 Å². The summed E-state index contributed by atoms with van der Waals surface area (Å²) < 4.78 is 17.3. The quantitative estimate of drug-likeness (QED) is 0.154. The molecule has 0 aliphatic heterocycles. The van der Waals surface area contributed by atoms with E-state index in [1.165, 1.54) is 6.21 Å². The molecule has 0 bridgehead atoms. The number of esters is 1. The number of carbonyl (C=O) groups is 3. The molecule has 0 aromatic heterocycles. The highest BCUT2D eigenvalue weighted by Crippen LogP contribution is 2.29. The molecule has 3 aromatic rings. The van der Waals surface area contributed by atoms with Gasteiger partial charge in [-0.05, 0) is 80.1 Å². The van der Waals surface area contributed by atoms with E-state index in [4.69, 9.17) is 14.2 Å². The lowest BCUT2D eigenvalue weighted by Gasteiger charge is -2.11. The van der Waals surface area contributed by atoms with Crippen LogP contribution >= 0.6 is 15.9 Å². The van der Waals surface area contributed by atoms with Crippen LogP contribution in [-0.4, -0.2) is 43.8 Å². The topological polar surface area (TPSA) is 115 Å². The van der Waals surface area contributed by atoms with Crippen LogP contribution in [0.5, 0.6) is 17.2 Å². The fraction of sp³-hybridized carbons (Fsp3) is 0.185. The summed E-state index contributed by atoms with van der Waals surface area (Å²) in [4.78, 5) is 36.7. The van der Waals surface area contributed by atoms with Crippen molar-refractivity contribution in [3.05, 3.63) is 87.9 Å². The van der Waals surface area contributed by atoms with E-state index < -0.39 is 11.9 Å². The van der Waals surface area contributed by atoms with Crippen molar-refractivity contribution in [2.75, 3.05) is 19.8 Å². The third-order valence-electron chi connectivity index (χ3n) is 4.77. The van der Waals surface area contributed by atoms with Crippen molar-refractivity contribution in [3.8, 4) is 17.2 Å². The van der Waals surface area contributed by atoms with Crippen molar-refractivity contribution in [1.29, 1.82) is 0 Å². The molecule has 37 heavy (non-hydrogen) atoms. The lowest BCUT2D eigenvalue weighted by atomic mass is 10.2. The minimum absolute atomic E-state index is 0.243. The molecule has 192 valence electrons. The lowest BCUT2D eigenvalue weighted by molar-refractivity contribution is -0.120. The van der Waals surface area contributed by atoms with Crippen molar-refractivity contribution in [2.45, 2.75) is 13.8 Å². The normalized spacial score (nSPS) is 10.6. The van der Waals surface area contributed by atoms with E-state index in [1.807, 2.05) is 13.8 Å². The number of hydrogen-bond acceptors (Lipinski definition) is 7. The van der Waals surface area contributed by atoms with Gasteiger partial charge in [-0.1, -0.05) is 22.0 Å². The van der Waals surface area contributed by atoms with E-state index in [0.717, 1.165) is 4.47 Å². The van der Waals surface area contributed by atoms with Gasteiger partial charge in [-0.15, -0.1) is 0 Å². The molecule has 0 aliphatic rings. The van der Waals surface area contributed by atoms with E-state index >= 15 is 0 Å². The summed E-state index contributed by atoms with van der Waals surface area (Å²) in [6, 6.07) is 18.3. The van der Waals surface area contributed by atoms with Crippen molar-refractivity contribution in [2.24, 2.45) is 5.10 Å². The predicted molar refractivity (Wildman–Crippen MR) is 142 cm³/mol. The van der Waals surface area contributed by atoms with Crippen molar-refractivity contribution < 1.29 is 28.6 Å². The summed E-state index contributed by atoms with van der Waals surface area (Å²) >= 11 is 3.30. The Labute approximate surface area is 222 Å². The number of amides is 2. The van der Waals surface area contributed by atoms with Crippen LogP contribution in [0.25, 0.3) is 0 Å². The summed E-state index contributed by atoms with van der Waals surface area (Å²) in [5, 5.41) is 6.44. The van der Waals surface area contributed by atoms with Crippen LogP contribution in [-0.2, 0) is 4.79 Å². The second-order valence-electron chi connectivity index (χ2n) is 7.47. The van der Waals surface area contributed by atoms with E-state index in [9.17, 15) is 14.4 Å². The summed E-state index contributed by atoms with van der Waals surface area (Å²) in [6.07, 6.45) is 1.41. The Hall–Kier alpha value is -4.18. The predicted octanol–water partition coefficient (Wildman–Crippen LogP) is 4.35.